The molecular formula is C16H19NO. The van der Waals surface area contributed by atoms with E-state index in [1.807, 2.05) is 24.3 Å². The van der Waals surface area contributed by atoms with Gasteiger partial charge in [0.1, 0.15) is 0 Å². The van der Waals surface area contributed by atoms with Crippen molar-refractivity contribution in [1.82, 2.24) is 4.98 Å². The predicted octanol–water partition coefficient (Wildman–Crippen LogP) is 3.49. The molecule has 94 valence electrons. The van der Waals surface area contributed by atoms with E-state index in [1.54, 1.807) is 6.20 Å². The van der Waals surface area contributed by atoms with Crippen LogP contribution in [0, 0.1) is 16.7 Å². The van der Waals surface area contributed by atoms with Crippen molar-refractivity contribution in [2.75, 3.05) is 0 Å². The van der Waals surface area contributed by atoms with Crippen LogP contribution in [0.4, 0.5) is 0 Å². The summed E-state index contributed by atoms with van der Waals surface area (Å²) in [7, 11) is 0. The summed E-state index contributed by atoms with van der Waals surface area (Å²) in [4.78, 5) is 16.9. The molecule has 0 saturated heterocycles. The Balaban J connectivity index is 2.07. The van der Waals surface area contributed by atoms with Crippen LogP contribution in [0.5, 0.6) is 0 Å². The molecule has 2 heteroatoms. The minimum Gasteiger partial charge on any atom is -0.294 e. The van der Waals surface area contributed by atoms with Crippen molar-refractivity contribution in [2.45, 2.75) is 33.6 Å². The molecule has 0 amide bonds. The topological polar surface area (TPSA) is 30.0 Å². The highest BCUT2D eigenvalue weighted by Crippen LogP contribution is 2.65. The van der Waals surface area contributed by atoms with E-state index in [0.717, 1.165) is 24.1 Å². The van der Waals surface area contributed by atoms with Gasteiger partial charge in [0.05, 0.1) is 5.69 Å². The van der Waals surface area contributed by atoms with Crippen LogP contribution >= 0.6 is 0 Å². The number of carbonyl (C=O) groups excluding carboxylic acids is 1. The molecular weight excluding hydrogens is 222 g/mol. The van der Waals surface area contributed by atoms with Gasteiger partial charge >= 0.3 is 0 Å². The van der Waals surface area contributed by atoms with Crippen LogP contribution in [-0.2, 0) is 4.79 Å². The minimum absolute atomic E-state index is 0.0880. The van der Waals surface area contributed by atoms with Gasteiger partial charge in [-0.1, -0.05) is 26.8 Å². The Labute approximate surface area is 108 Å². The first-order chi connectivity index (χ1) is 8.47. The molecule has 0 N–H and O–H groups in total. The molecule has 1 heterocycles. The molecule has 2 nitrogen and oxygen atoms in total. The van der Waals surface area contributed by atoms with Gasteiger partial charge in [0.2, 0.25) is 0 Å². The molecule has 0 aromatic carbocycles. The largest absolute Gasteiger partial charge is 0.294 e. The smallest absolute Gasteiger partial charge is 0.165 e. The lowest BCUT2D eigenvalue weighted by Crippen LogP contribution is -2.32. The van der Waals surface area contributed by atoms with Gasteiger partial charge in [-0.25, -0.2) is 0 Å². The highest BCUT2D eigenvalue weighted by atomic mass is 16.1. The molecule has 0 radical (unpaired) electrons. The van der Waals surface area contributed by atoms with Gasteiger partial charge in [-0.2, -0.15) is 0 Å². The van der Waals surface area contributed by atoms with Crippen molar-refractivity contribution in [3.8, 4) is 0 Å². The average Bonchev–Trinajstić information content (AvgIpc) is 2.65. The number of ketones is 1. The second-order valence-corrected chi connectivity index (χ2v) is 6.33. The Hall–Kier alpha value is -1.44. The summed E-state index contributed by atoms with van der Waals surface area (Å²) in [5, 5.41) is 0. The van der Waals surface area contributed by atoms with Crippen molar-refractivity contribution in [2.24, 2.45) is 16.7 Å². The fourth-order valence-corrected chi connectivity index (χ4v) is 3.71. The maximum absolute atomic E-state index is 12.6. The Morgan fingerprint density at radius 1 is 1.33 bits per heavy atom. The van der Waals surface area contributed by atoms with E-state index in [9.17, 15) is 4.79 Å². The lowest BCUT2D eigenvalue weighted by atomic mass is 9.70. The van der Waals surface area contributed by atoms with Crippen LogP contribution in [0.25, 0.3) is 6.08 Å². The zero-order chi connectivity index (χ0) is 13.0. The van der Waals surface area contributed by atoms with E-state index < -0.39 is 0 Å². The summed E-state index contributed by atoms with van der Waals surface area (Å²) >= 11 is 0. The molecule has 2 bridgehead atoms. The quantitative estimate of drug-likeness (QED) is 0.704. The third-order valence-corrected chi connectivity index (χ3v) is 5.36. The minimum atomic E-state index is -0.168. The molecule has 0 spiro atoms. The number of rotatable bonds is 1. The highest BCUT2D eigenvalue weighted by Gasteiger charge is 2.63. The van der Waals surface area contributed by atoms with Crippen LogP contribution in [0.1, 0.15) is 39.3 Å². The molecule has 3 rings (SSSR count). The lowest BCUT2D eigenvalue weighted by Gasteiger charge is -2.31. The molecule has 2 atom stereocenters. The maximum atomic E-state index is 12.6. The first-order valence-electron chi connectivity index (χ1n) is 6.64. The maximum Gasteiger partial charge on any atom is 0.165 e. The van der Waals surface area contributed by atoms with Crippen LogP contribution in [0.3, 0.4) is 0 Å². The number of Topliss-reactive ketones (excluding diaryl/α,β-unsaturated/α-hetero) is 1. The standard InChI is InChI=1S/C16H19NO/c1-15(2)13-7-8-16(15,3)14(18)12(13)10-11-6-4-5-9-17-11/h4-6,9-10,13H,7-8H2,1-3H3. The van der Waals surface area contributed by atoms with Gasteiger partial charge in [0.25, 0.3) is 0 Å². The Bertz CT molecular complexity index is 529. The fraction of sp³-hybridized carbons (Fsp3) is 0.500. The third-order valence-electron chi connectivity index (χ3n) is 5.36. The number of allylic oxidation sites excluding steroid dienone is 1. The Morgan fingerprint density at radius 3 is 2.67 bits per heavy atom. The first kappa shape index (κ1) is 11.6. The summed E-state index contributed by atoms with van der Waals surface area (Å²) in [5.74, 6) is 0.742. The Kier molecular flexibility index (Phi) is 2.28. The van der Waals surface area contributed by atoms with E-state index in [2.05, 4.69) is 25.8 Å². The third kappa shape index (κ3) is 1.29. The van der Waals surface area contributed by atoms with Crippen LogP contribution in [0.15, 0.2) is 30.0 Å². The van der Waals surface area contributed by atoms with Crippen molar-refractivity contribution in [1.29, 1.82) is 0 Å². The number of aromatic nitrogens is 1. The molecule has 2 unspecified atom stereocenters. The van der Waals surface area contributed by atoms with Crippen molar-refractivity contribution in [3.05, 3.63) is 35.7 Å². The highest BCUT2D eigenvalue weighted by molar-refractivity contribution is 6.07. The second kappa shape index (κ2) is 3.53. The number of pyridine rings is 1. The van der Waals surface area contributed by atoms with Crippen LogP contribution in [0.2, 0.25) is 0 Å². The SMILES string of the molecule is CC12CCC(C(=Cc3ccccn3)C1=O)C2(C)C. The number of fused-ring (bicyclic) bond motifs is 2. The summed E-state index contributed by atoms with van der Waals surface area (Å²) < 4.78 is 0. The van der Waals surface area contributed by atoms with Gasteiger partial charge in [0.15, 0.2) is 5.78 Å². The van der Waals surface area contributed by atoms with Gasteiger partial charge in [0, 0.05) is 17.2 Å². The molecule has 18 heavy (non-hydrogen) atoms. The van der Waals surface area contributed by atoms with E-state index >= 15 is 0 Å². The number of carbonyl (C=O) groups is 1. The van der Waals surface area contributed by atoms with Gasteiger partial charge in [-0.15, -0.1) is 0 Å². The fourth-order valence-electron chi connectivity index (χ4n) is 3.71. The predicted molar refractivity (Wildman–Crippen MR) is 71.8 cm³/mol. The Morgan fingerprint density at radius 2 is 2.11 bits per heavy atom. The van der Waals surface area contributed by atoms with Gasteiger partial charge in [-0.05, 0) is 42.4 Å². The monoisotopic (exact) mass is 241 g/mol. The van der Waals surface area contributed by atoms with Crippen molar-refractivity contribution >= 4 is 11.9 Å². The van der Waals surface area contributed by atoms with Gasteiger partial charge in [-0.3, -0.25) is 9.78 Å². The number of hydrogen-bond donors (Lipinski definition) is 0. The summed E-state index contributed by atoms with van der Waals surface area (Å²) in [6.45, 7) is 6.61. The van der Waals surface area contributed by atoms with Crippen molar-refractivity contribution in [3.63, 3.8) is 0 Å². The number of hydrogen-bond acceptors (Lipinski definition) is 2. The van der Waals surface area contributed by atoms with Crippen LogP contribution < -0.4 is 0 Å². The molecule has 2 aliphatic rings. The molecule has 2 aliphatic carbocycles. The summed E-state index contributed by atoms with van der Waals surface area (Å²) in [5.41, 5.74) is 1.81. The van der Waals surface area contributed by atoms with E-state index in [1.165, 1.54) is 0 Å². The van der Waals surface area contributed by atoms with E-state index in [4.69, 9.17) is 0 Å². The van der Waals surface area contributed by atoms with E-state index in [-0.39, 0.29) is 10.8 Å². The molecule has 2 saturated carbocycles. The molecule has 2 fully saturated rings. The van der Waals surface area contributed by atoms with Crippen molar-refractivity contribution < 1.29 is 4.79 Å². The summed E-state index contributed by atoms with van der Waals surface area (Å²) in [6.07, 6.45) is 5.94. The zero-order valence-electron chi connectivity index (χ0n) is 11.2. The first-order valence-corrected chi connectivity index (χ1v) is 6.64. The summed E-state index contributed by atoms with van der Waals surface area (Å²) in [6, 6.07) is 5.82. The average molecular weight is 241 g/mol. The second-order valence-electron chi connectivity index (χ2n) is 6.33. The lowest BCUT2D eigenvalue weighted by molar-refractivity contribution is -0.125. The normalized spacial score (nSPS) is 35.4. The van der Waals surface area contributed by atoms with Crippen LogP contribution in [-0.4, -0.2) is 10.8 Å². The zero-order valence-corrected chi connectivity index (χ0v) is 11.2. The molecule has 1 aromatic heterocycles. The molecule has 0 aliphatic heterocycles. The number of nitrogens with zero attached hydrogens (tertiary/aromatic N) is 1. The van der Waals surface area contributed by atoms with Gasteiger partial charge < -0.3 is 0 Å². The van der Waals surface area contributed by atoms with E-state index in [0.29, 0.717) is 11.7 Å². The molecule has 1 aromatic rings.